The van der Waals surface area contributed by atoms with Crippen molar-refractivity contribution >= 4 is 11.6 Å². The fraction of sp³-hybridized carbons (Fsp3) is 0.167. The molecule has 1 aromatic heterocycles. The molecule has 98 valence electrons. The highest BCUT2D eigenvalue weighted by Gasteiger charge is 2.13. The number of hydrogen-bond acceptors (Lipinski definition) is 5. The van der Waals surface area contributed by atoms with Gasteiger partial charge >= 0.3 is 5.82 Å². The van der Waals surface area contributed by atoms with E-state index in [1.54, 1.807) is 24.3 Å². The molecule has 0 N–H and O–H groups in total. The van der Waals surface area contributed by atoms with E-state index in [9.17, 15) is 14.9 Å². The second-order valence-corrected chi connectivity index (χ2v) is 3.82. The van der Waals surface area contributed by atoms with Gasteiger partial charge in [-0.1, -0.05) is 12.1 Å². The molecule has 1 aromatic carbocycles. The number of imidazole rings is 1. The molecule has 0 aliphatic rings. The molecule has 7 nitrogen and oxygen atoms in total. The quantitative estimate of drug-likeness (QED) is 0.464. The van der Waals surface area contributed by atoms with Crippen molar-refractivity contribution in [2.24, 2.45) is 0 Å². The molecule has 2 rings (SSSR count). The molecule has 7 heteroatoms. The maximum atomic E-state index is 12.0. The van der Waals surface area contributed by atoms with Crippen molar-refractivity contribution in [3.05, 3.63) is 52.5 Å². The van der Waals surface area contributed by atoms with E-state index < -0.39 is 4.92 Å². The molecule has 0 saturated heterocycles. The van der Waals surface area contributed by atoms with Crippen LogP contribution < -0.4 is 4.74 Å². The lowest BCUT2D eigenvalue weighted by Gasteiger charge is -2.03. The second-order valence-electron chi connectivity index (χ2n) is 3.82. The molecule has 0 saturated carbocycles. The Morgan fingerprint density at radius 3 is 2.95 bits per heavy atom. The highest BCUT2D eigenvalue weighted by molar-refractivity contribution is 5.96. The van der Waals surface area contributed by atoms with E-state index in [0.717, 1.165) is 0 Å². The molecule has 0 amide bonds. The largest absolute Gasteiger partial charge is 0.497 e. The van der Waals surface area contributed by atoms with Crippen LogP contribution in [0.15, 0.2) is 36.8 Å². The SMILES string of the molecule is COc1cccc(C(=O)Cn2cnc([N+](=O)[O-])c2)c1. The van der Waals surface area contributed by atoms with Crippen LogP contribution in [0.5, 0.6) is 5.75 Å². The summed E-state index contributed by atoms with van der Waals surface area (Å²) in [5, 5.41) is 10.5. The standard InChI is InChI=1S/C12H11N3O4/c1-19-10-4-2-3-9(5-10)11(16)6-14-7-12(13-8-14)15(17)18/h2-5,7-8H,6H2,1H3. The van der Waals surface area contributed by atoms with Gasteiger partial charge in [0.15, 0.2) is 5.78 Å². The maximum absolute atomic E-state index is 12.0. The number of aromatic nitrogens is 2. The Morgan fingerprint density at radius 2 is 2.32 bits per heavy atom. The van der Waals surface area contributed by atoms with E-state index in [1.807, 2.05) is 0 Å². The van der Waals surface area contributed by atoms with Crippen molar-refractivity contribution in [3.63, 3.8) is 0 Å². The van der Waals surface area contributed by atoms with Crippen LogP contribution in [0.25, 0.3) is 0 Å². The Morgan fingerprint density at radius 1 is 1.53 bits per heavy atom. The number of carbonyl (C=O) groups is 1. The van der Waals surface area contributed by atoms with Crippen molar-refractivity contribution < 1.29 is 14.5 Å². The van der Waals surface area contributed by atoms with E-state index in [4.69, 9.17) is 4.74 Å². The number of ketones is 1. The molecule has 19 heavy (non-hydrogen) atoms. The Balaban J connectivity index is 2.13. The molecule has 0 fully saturated rings. The van der Waals surface area contributed by atoms with Crippen LogP contribution in [-0.2, 0) is 6.54 Å². The van der Waals surface area contributed by atoms with Gasteiger partial charge in [0.25, 0.3) is 0 Å². The van der Waals surface area contributed by atoms with Crippen molar-refractivity contribution in [1.29, 1.82) is 0 Å². The molecule has 0 spiro atoms. The second kappa shape index (κ2) is 5.30. The van der Waals surface area contributed by atoms with Gasteiger partial charge in [0, 0.05) is 5.56 Å². The Hall–Kier alpha value is -2.70. The van der Waals surface area contributed by atoms with Gasteiger partial charge in [0.2, 0.25) is 6.33 Å². The number of nitro groups is 1. The molecular weight excluding hydrogens is 250 g/mol. The monoisotopic (exact) mass is 261 g/mol. The summed E-state index contributed by atoms with van der Waals surface area (Å²) in [6.45, 7) is -0.00594. The van der Waals surface area contributed by atoms with E-state index in [2.05, 4.69) is 4.98 Å². The third kappa shape index (κ3) is 2.95. The number of methoxy groups -OCH3 is 1. The highest BCUT2D eigenvalue weighted by atomic mass is 16.6. The van der Waals surface area contributed by atoms with Gasteiger partial charge in [-0.3, -0.25) is 4.79 Å². The van der Waals surface area contributed by atoms with Crippen molar-refractivity contribution in [3.8, 4) is 5.75 Å². The summed E-state index contributed by atoms with van der Waals surface area (Å²) in [6, 6.07) is 6.73. The maximum Gasteiger partial charge on any atom is 0.381 e. The van der Waals surface area contributed by atoms with Gasteiger partial charge in [-0.2, -0.15) is 0 Å². The third-order valence-corrected chi connectivity index (χ3v) is 2.52. The fourth-order valence-corrected chi connectivity index (χ4v) is 1.58. The van der Waals surface area contributed by atoms with Gasteiger partial charge in [-0.25, -0.2) is 0 Å². The average Bonchev–Trinajstić information content (AvgIpc) is 2.87. The summed E-state index contributed by atoms with van der Waals surface area (Å²) in [5.41, 5.74) is 0.482. The normalized spacial score (nSPS) is 10.2. The van der Waals surface area contributed by atoms with Crippen molar-refractivity contribution in [2.45, 2.75) is 6.54 Å². The first kappa shape index (κ1) is 12.7. The zero-order valence-corrected chi connectivity index (χ0v) is 10.1. The minimum absolute atomic E-state index is 0.00594. The number of hydrogen-bond donors (Lipinski definition) is 0. The van der Waals surface area contributed by atoms with Gasteiger partial charge in [0.1, 0.15) is 11.9 Å². The first-order valence-corrected chi connectivity index (χ1v) is 5.43. The summed E-state index contributed by atoms with van der Waals surface area (Å²) in [6.07, 6.45) is 2.48. The Labute approximate surface area is 108 Å². The van der Waals surface area contributed by atoms with Crippen LogP contribution in [-0.4, -0.2) is 27.4 Å². The van der Waals surface area contributed by atoms with Gasteiger partial charge in [0.05, 0.1) is 13.7 Å². The number of benzene rings is 1. The predicted octanol–water partition coefficient (Wildman–Crippen LogP) is 1.68. The molecule has 0 aliphatic carbocycles. The molecule has 0 aliphatic heterocycles. The molecule has 0 radical (unpaired) electrons. The highest BCUT2D eigenvalue weighted by Crippen LogP contribution is 2.14. The van der Waals surface area contributed by atoms with Crippen LogP contribution in [0.4, 0.5) is 5.82 Å². The third-order valence-electron chi connectivity index (χ3n) is 2.52. The fourth-order valence-electron chi connectivity index (χ4n) is 1.58. The zero-order chi connectivity index (χ0) is 13.8. The predicted molar refractivity (Wildman–Crippen MR) is 66.2 cm³/mol. The van der Waals surface area contributed by atoms with Crippen molar-refractivity contribution in [1.82, 2.24) is 9.55 Å². The van der Waals surface area contributed by atoms with E-state index in [1.165, 1.54) is 24.2 Å². The topological polar surface area (TPSA) is 87.3 Å². The minimum atomic E-state index is -0.605. The summed E-state index contributed by atoms with van der Waals surface area (Å²) in [4.78, 5) is 25.4. The first-order valence-electron chi connectivity index (χ1n) is 5.43. The Bertz CT molecular complexity index is 621. The Kier molecular flexibility index (Phi) is 3.56. The summed E-state index contributed by atoms with van der Waals surface area (Å²) in [7, 11) is 1.52. The molecule has 0 unspecified atom stereocenters. The van der Waals surface area contributed by atoms with E-state index in [-0.39, 0.29) is 18.1 Å². The lowest BCUT2D eigenvalue weighted by atomic mass is 10.1. The average molecular weight is 261 g/mol. The number of ether oxygens (including phenoxy) is 1. The van der Waals surface area contributed by atoms with Gasteiger partial charge in [-0.05, 0) is 22.0 Å². The minimum Gasteiger partial charge on any atom is -0.497 e. The smallest absolute Gasteiger partial charge is 0.381 e. The lowest BCUT2D eigenvalue weighted by Crippen LogP contribution is -2.09. The zero-order valence-electron chi connectivity index (χ0n) is 10.1. The van der Waals surface area contributed by atoms with Crippen molar-refractivity contribution in [2.75, 3.05) is 7.11 Å². The number of carbonyl (C=O) groups excluding carboxylic acids is 1. The number of Topliss-reactive ketones (excluding diaryl/α,β-unsaturated/α-hetero) is 1. The van der Waals surface area contributed by atoms with Crippen LogP contribution in [0, 0.1) is 10.1 Å². The summed E-state index contributed by atoms with van der Waals surface area (Å²) < 4.78 is 6.41. The van der Waals surface area contributed by atoms with Crippen LogP contribution in [0.3, 0.4) is 0 Å². The van der Waals surface area contributed by atoms with E-state index >= 15 is 0 Å². The van der Waals surface area contributed by atoms with Crippen LogP contribution >= 0.6 is 0 Å². The van der Waals surface area contributed by atoms with E-state index in [0.29, 0.717) is 11.3 Å². The lowest BCUT2D eigenvalue weighted by molar-refractivity contribution is -0.389. The molecule has 0 bridgehead atoms. The first-order chi connectivity index (χ1) is 9.10. The summed E-state index contributed by atoms with van der Waals surface area (Å²) in [5.74, 6) is 0.132. The van der Waals surface area contributed by atoms with Gasteiger partial charge < -0.3 is 19.4 Å². The summed E-state index contributed by atoms with van der Waals surface area (Å²) >= 11 is 0. The van der Waals surface area contributed by atoms with Crippen LogP contribution in [0.1, 0.15) is 10.4 Å². The van der Waals surface area contributed by atoms with Crippen LogP contribution in [0.2, 0.25) is 0 Å². The molecule has 0 atom stereocenters. The molecule has 1 heterocycles. The number of rotatable bonds is 5. The molecular formula is C12H11N3O4. The molecule has 2 aromatic rings. The number of nitrogens with zero attached hydrogens (tertiary/aromatic N) is 3. The van der Waals surface area contributed by atoms with Gasteiger partial charge in [-0.15, -0.1) is 0 Å².